The summed E-state index contributed by atoms with van der Waals surface area (Å²) < 4.78 is 0. The third-order valence-electron chi connectivity index (χ3n) is 2.73. The minimum atomic E-state index is -0.728. The van der Waals surface area contributed by atoms with E-state index in [0.717, 1.165) is 5.56 Å². The molecule has 1 fully saturated rings. The molecule has 2 rings (SSSR count). The first-order valence-electron chi connectivity index (χ1n) is 5.11. The molecule has 1 aliphatic heterocycles. The molecule has 6 heteroatoms. The molecule has 0 saturated carbocycles. The average molecular weight is 244 g/mol. The van der Waals surface area contributed by atoms with Gasteiger partial charge in [-0.25, -0.2) is 9.97 Å². The lowest BCUT2D eigenvalue weighted by Gasteiger charge is -2.19. The molecule has 1 aliphatic rings. The lowest BCUT2D eigenvalue weighted by Crippen LogP contribution is -2.23. The fourth-order valence-corrected chi connectivity index (χ4v) is 2.04. The van der Waals surface area contributed by atoms with Crippen molar-refractivity contribution in [2.24, 2.45) is 0 Å². The Balaban J connectivity index is 2.34. The Hall–Kier alpha value is -0.910. The molecule has 0 bridgehead atoms. The molecule has 1 aromatic rings. The molecule has 2 heterocycles. The maximum atomic E-state index is 9.49. The molecule has 2 unspecified atom stereocenters. The zero-order valence-electron chi connectivity index (χ0n) is 9.18. The summed E-state index contributed by atoms with van der Waals surface area (Å²) in [5, 5.41) is 19.4. The van der Waals surface area contributed by atoms with E-state index in [1.807, 2.05) is 11.8 Å². The molecule has 16 heavy (non-hydrogen) atoms. The summed E-state index contributed by atoms with van der Waals surface area (Å²) in [5.74, 6) is 1.27. The Kier molecular flexibility index (Phi) is 3.01. The maximum absolute atomic E-state index is 9.49. The monoisotopic (exact) mass is 243 g/mol. The van der Waals surface area contributed by atoms with Gasteiger partial charge in [0.1, 0.15) is 16.8 Å². The van der Waals surface area contributed by atoms with Gasteiger partial charge in [-0.05, 0) is 13.8 Å². The molecule has 0 aromatic carbocycles. The van der Waals surface area contributed by atoms with Crippen LogP contribution in [0.3, 0.4) is 0 Å². The summed E-state index contributed by atoms with van der Waals surface area (Å²) in [4.78, 5) is 10.2. The van der Waals surface area contributed by atoms with Gasteiger partial charge in [0.2, 0.25) is 0 Å². The summed E-state index contributed by atoms with van der Waals surface area (Å²) in [6, 6.07) is 0. The number of rotatable bonds is 1. The van der Waals surface area contributed by atoms with Crippen molar-refractivity contribution in [1.82, 2.24) is 9.97 Å². The van der Waals surface area contributed by atoms with E-state index in [9.17, 15) is 10.2 Å². The number of hydrogen-bond acceptors (Lipinski definition) is 5. The second kappa shape index (κ2) is 4.16. The third kappa shape index (κ3) is 1.98. The van der Waals surface area contributed by atoms with Crippen molar-refractivity contribution >= 4 is 17.4 Å². The van der Waals surface area contributed by atoms with Gasteiger partial charge in [0.05, 0.1) is 12.2 Å². The Morgan fingerprint density at radius 3 is 2.31 bits per heavy atom. The van der Waals surface area contributed by atoms with Gasteiger partial charge in [-0.3, -0.25) is 0 Å². The Morgan fingerprint density at radius 1 is 1.19 bits per heavy atom. The number of anilines is 1. The largest absolute Gasteiger partial charge is 0.389 e. The number of halogens is 1. The van der Waals surface area contributed by atoms with Crippen molar-refractivity contribution in [3.8, 4) is 0 Å². The topological polar surface area (TPSA) is 69.5 Å². The number of aliphatic hydroxyl groups excluding tert-OH is 2. The fraction of sp³-hybridized carbons (Fsp3) is 0.600. The molecule has 0 radical (unpaired) electrons. The lowest BCUT2D eigenvalue weighted by molar-refractivity contribution is 0.0572. The van der Waals surface area contributed by atoms with Crippen LogP contribution in [0.4, 0.5) is 5.82 Å². The van der Waals surface area contributed by atoms with Gasteiger partial charge in [-0.2, -0.15) is 0 Å². The standard InChI is InChI=1S/C10H14ClN3O2/c1-5-9(11)12-6(2)13-10(5)14-3-7(15)8(16)4-14/h7-8,15-16H,3-4H2,1-2H3. The zero-order chi connectivity index (χ0) is 11.9. The highest BCUT2D eigenvalue weighted by atomic mass is 35.5. The van der Waals surface area contributed by atoms with Gasteiger partial charge >= 0.3 is 0 Å². The third-order valence-corrected chi connectivity index (χ3v) is 3.10. The lowest BCUT2D eigenvalue weighted by atomic mass is 10.3. The van der Waals surface area contributed by atoms with Crippen LogP contribution >= 0.6 is 11.6 Å². The van der Waals surface area contributed by atoms with E-state index in [0.29, 0.717) is 29.9 Å². The molecule has 5 nitrogen and oxygen atoms in total. The van der Waals surface area contributed by atoms with Crippen LogP contribution in [0.15, 0.2) is 0 Å². The first-order valence-corrected chi connectivity index (χ1v) is 5.48. The number of aliphatic hydroxyl groups is 2. The van der Waals surface area contributed by atoms with E-state index >= 15 is 0 Å². The zero-order valence-corrected chi connectivity index (χ0v) is 9.94. The maximum Gasteiger partial charge on any atom is 0.137 e. The Morgan fingerprint density at radius 2 is 1.75 bits per heavy atom. The van der Waals surface area contributed by atoms with E-state index in [2.05, 4.69) is 9.97 Å². The smallest absolute Gasteiger partial charge is 0.137 e. The van der Waals surface area contributed by atoms with Gasteiger partial charge in [0.25, 0.3) is 0 Å². The molecule has 2 N–H and O–H groups in total. The highest BCUT2D eigenvalue weighted by molar-refractivity contribution is 6.30. The second-order valence-electron chi connectivity index (χ2n) is 4.05. The molecule has 0 amide bonds. The van der Waals surface area contributed by atoms with Gasteiger partial charge in [0, 0.05) is 18.7 Å². The highest BCUT2D eigenvalue weighted by Gasteiger charge is 2.31. The van der Waals surface area contributed by atoms with E-state index in [-0.39, 0.29) is 0 Å². The van der Waals surface area contributed by atoms with E-state index in [1.54, 1.807) is 6.92 Å². The normalized spacial score (nSPS) is 25.2. The summed E-state index contributed by atoms with van der Waals surface area (Å²) >= 11 is 5.97. The second-order valence-corrected chi connectivity index (χ2v) is 4.41. The fourth-order valence-electron chi connectivity index (χ4n) is 1.83. The quantitative estimate of drug-likeness (QED) is 0.694. The molecular formula is C10H14ClN3O2. The predicted molar refractivity (Wildman–Crippen MR) is 60.7 cm³/mol. The van der Waals surface area contributed by atoms with Crippen LogP contribution in [0.2, 0.25) is 5.15 Å². The van der Waals surface area contributed by atoms with Crippen LogP contribution in [-0.2, 0) is 0 Å². The molecule has 2 atom stereocenters. The molecule has 88 valence electrons. The first kappa shape index (κ1) is 11.6. The summed E-state index contributed by atoms with van der Waals surface area (Å²) in [6.45, 7) is 4.33. The summed E-state index contributed by atoms with van der Waals surface area (Å²) in [7, 11) is 0. The molecule has 1 saturated heterocycles. The van der Waals surface area contributed by atoms with E-state index in [4.69, 9.17) is 11.6 Å². The van der Waals surface area contributed by atoms with E-state index in [1.165, 1.54) is 0 Å². The SMILES string of the molecule is Cc1nc(Cl)c(C)c(N2CC(O)C(O)C2)n1. The minimum absolute atomic E-state index is 0.370. The van der Waals surface area contributed by atoms with Crippen molar-refractivity contribution in [2.45, 2.75) is 26.1 Å². The van der Waals surface area contributed by atoms with Crippen LogP contribution in [0.1, 0.15) is 11.4 Å². The summed E-state index contributed by atoms with van der Waals surface area (Å²) in [5.41, 5.74) is 0.772. The predicted octanol–water partition coefficient (Wildman–Crippen LogP) is 0.289. The van der Waals surface area contributed by atoms with Crippen molar-refractivity contribution in [3.05, 3.63) is 16.5 Å². The molecule has 0 aliphatic carbocycles. The van der Waals surface area contributed by atoms with E-state index < -0.39 is 12.2 Å². The first-order chi connectivity index (χ1) is 7.49. The van der Waals surface area contributed by atoms with Crippen molar-refractivity contribution < 1.29 is 10.2 Å². The summed E-state index contributed by atoms with van der Waals surface area (Å²) in [6.07, 6.45) is -1.46. The number of hydrogen-bond donors (Lipinski definition) is 2. The van der Waals surface area contributed by atoms with Gasteiger partial charge < -0.3 is 15.1 Å². The number of β-amino-alcohol motifs (C(OH)–C–C–N with tert-alkyl or cyclic N) is 2. The Labute approximate surface area is 98.7 Å². The van der Waals surface area contributed by atoms with Crippen molar-refractivity contribution in [2.75, 3.05) is 18.0 Å². The van der Waals surface area contributed by atoms with Crippen molar-refractivity contribution in [1.29, 1.82) is 0 Å². The Bertz CT molecular complexity index is 403. The van der Waals surface area contributed by atoms with Gasteiger partial charge in [0.15, 0.2) is 0 Å². The molecule has 1 aromatic heterocycles. The van der Waals surface area contributed by atoms with Crippen LogP contribution < -0.4 is 4.90 Å². The number of aryl methyl sites for hydroxylation is 1. The van der Waals surface area contributed by atoms with Crippen LogP contribution in [-0.4, -0.2) is 45.5 Å². The van der Waals surface area contributed by atoms with Crippen LogP contribution in [0.5, 0.6) is 0 Å². The van der Waals surface area contributed by atoms with Crippen LogP contribution in [0, 0.1) is 13.8 Å². The molecular weight excluding hydrogens is 230 g/mol. The van der Waals surface area contributed by atoms with Gasteiger partial charge in [-0.15, -0.1) is 0 Å². The molecule has 0 spiro atoms. The highest BCUT2D eigenvalue weighted by Crippen LogP contribution is 2.26. The van der Waals surface area contributed by atoms with Gasteiger partial charge in [-0.1, -0.05) is 11.6 Å². The van der Waals surface area contributed by atoms with Crippen molar-refractivity contribution in [3.63, 3.8) is 0 Å². The number of aromatic nitrogens is 2. The van der Waals surface area contributed by atoms with Crippen LogP contribution in [0.25, 0.3) is 0 Å². The minimum Gasteiger partial charge on any atom is -0.389 e. The average Bonchev–Trinajstić information content (AvgIpc) is 2.53. The number of nitrogens with zero attached hydrogens (tertiary/aromatic N) is 3.